The Morgan fingerprint density at radius 1 is 1.43 bits per heavy atom. The number of halogens is 3. The van der Waals surface area contributed by atoms with Crippen molar-refractivity contribution in [3.63, 3.8) is 0 Å². The number of alkyl halides is 1. The molecule has 0 saturated carbocycles. The van der Waals surface area contributed by atoms with Gasteiger partial charge < -0.3 is 10.5 Å². The van der Waals surface area contributed by atoms with Gasteiger partial charge in [-0.05, 0) is 55.5 Å². The first-order chi connectivity index (χ1) is 13.3. The zero-order valence-corrected chi connectivity index (χ0v) is 16.6. The molecule has 2 aromatic rings. The average molecular weight is 412 g/mol. The molecular weight excluding hydrogens is 388 g/mol. The quantitative estimate of drug-likeness (QED) is 0.710. The molecule has 152 valence electrons. The Balaban J connectivity index is 1.64. The molecular formula is C20H24ClF2N3O2. The fraction of sp³-hybridized carbons (Fsp3) is 0.500. The number of benzene rings is 1. The molecule has 1 aliphatic rings. The van der Waals surface area contributed by atoms with Crippen LogP contribution in [0.3, 0.4) is 0 Å². The number of rotatable bonds is 7. The molecule has 3 unspecified atom stereocenters. The fourth-order valence-corrected chi connectivity index (χ4v) is 4.18. The lowest BCUT2D eigenvalue weighted by Crippen LogP contribution is -2.27. The monoisotopic (exact) mass is 411 g/mol. The van der Waals surface area contributed by atoms with Gasteiger partial charge >= 0.3 is 0 Å². The van der Waals surface area contributed by atoms with Gasteiger partial charge in [0.15, 0.2) is 17.4 Å². The summed E-state index contributed by atoms with van der Waals surface area (Å²) in [6, 6.07) is 3.73. The van der Waals surface area contributed by atoms with E-state index in [4.69, 9.17) is 22.1 Å². The highest BCUT2D eigenvalue weighted by molar-refractivity contribution is 6.20. The van der Waals surface area contributed by atoms with Crippen LogP contribution in [0.15, 0.2) is 24.4 Å². The Labute approximate surface area is 167 Å². The van der Waals surface area contributed by atoms with Gasteiger partial charge in [0.1, 0.15) is 11.7 Å². The van der Waals surface area contributed by atoms with Crippen LogP contribution in [0.5, 0.6) is 0 Å². The maximum absolute atomic E-state index is 13.4. The lowest BCUT2D eigenvalue weighted by Gasteiger charge is -2.16. The van der Waals surface area contributed by atoms with E-state index in [1.807, 2.05) is 14.0 Å². The van der Waals surface area contributed by atoms with Gasteiger partial charge in [0.2, 0.25) is 0 Å². The number of nitrogens with zero attached hydrogens (tertiary/aromatic N) is 2. The van der Waals surface area contributed by atoms with Crippen LogP contribution >= 0.6 is 11.6 Å². The number of carbonyl (C=O) groups is 1. The fourth-order valence-electron chi connectivity index (χ4n) is 3.83. The van der Waals surface area contributed by atoms with E-state index in [2.05, 4.69) is 5.10 Å². The second-order valence-electron chi connectivity index (χ2n) is 7.38. The first-order valence-corrected chi connectivity index (χ1v) is 9.68. The molecule has 0 aliphatic carbocycles. The number of carbonyl (C=O) groups excluding carboxylic acids is 1. The van der Waals surface area contributed by atoms with Crippen molar-refractivity contribution in [3.8, 4) is 0 Å². The Bertz CT molecular complexity index is 838. The molecule has 3 rings (SSSR count). The third-order valence-corrected chi connectivity index (χ3v) is 5.70. The van der Waals surface area contributed by atoms with Crippen molar-refractivity contribution in [2.75, 3.05) is 6.54 Å². The maximum Gasteiger partial charge on any atom is 0.161 e. The first-order valence-electron chi connectivity index (χ1n) is 9.24. The number of Topliss-reactive ketones (excluding diaryl/α,β-unsaturated/α-hetero) is 1. The largest absolute Gasteiger partial charge is 0.351 e. The second kappa shape index (κ2) is 8.68. The van der Waals surface area contributed by atoms with Crippen LogP contribution < -0.4 is 5.73 Å². The number of aromatic nitrogens is 2. The van der Waals surface area contributed by atoms with E-state index in [1.54, 1.807) is 10.9 Å². The SMILES string of the molecule is Cc1cnn(C)c1C1CC(C(=O)C[C@H](CN)Cc2ccc(F)c(F)c2)OC1Cl. The molecule has 1 aromatic carbocycles. The number of nitrogens with two attached hydrogens (primary N) is 1. The van der Waals surface area contributed by atoms with Crippen LogP contribution in [0.25, 0.3) is 0 Å². The highest BCUT2D eigenvalue weighted by Gasteiger charge is 2.40. The van der Waals surface area contributed by atoms with E-state index in [0.717, 1.165) is 23.4 Å². The summed E-state index contributed by atoms with van der Waals surface area (Å²) in [4.78, 5) is 12.8. The highest BCUT2D eigenvalue weighted by atomic mass is 35.5. The van der Waals surface area contributed by atoms with Gasteiger partial charge in [-0.25, -0.2) is 8.78 Å². The normalized spacial score (nSPS) is 23.1. The smallest absolute Gasteiger partial charge is 0.161 e. The Morgan fingerprint density at radius 3 is 2.79 bits per heavy atom. The number of aryl methyl sites for hydroxylation is 2. The van der Waals surface area contributed by atoms with Gasteiger partial charge in [0, 0.05) is 25.1 Å². The molecule has 2 N–H and O–H groups in total. The van der Waals surface area contributed by atoms with Crippen molar-refractivity contribution in [1.82, 2.24) is 9.78 Å². The van der Waals surface area contributed by atoms with Crippen LogP contribution in [0.1, 0.15) is 35.6 Å². The predicted octanol–water partition coefficient (Wildman–Crippen LogP) is 3.22. The Kier molecular flexibility index (Phi) is 6.47. The van der Waals surface area contributed by atoms with Crippen LogP contribution in [0.4, 0.5) is 8.78 Å². The van der Waals surface area contributed by atoms with E-state index in [1.165, 1.54) is 6.07 Å². The Hall–Kier alpha value is -1.83. The Morgan fingerprint density at radius 2 is 2.18 bits per heavy atom. The minimum Gasteiger partial charge on any atom is -0.351 e. The number of ether oxygens (including phenoxy) is 1. The average Bonchev–Trinajstić information content (AvgIpc) is 3.19. The molecule has 0 spiro atoms. The molecule has 1 aliphatic heterocycles. The van der Waals surface area contributed by atoms with E-state index in [0.29, 0.717) is 18.4 Å². The summed E-state index contributed by atoms with van der Waals surface area (Å²) in [7, 11) is 1.84. The van der Waals surface area contributed by atoms with E-state index >= 15 is 0 Å². The molecule has 0 amide bonds. The standard InChI is InChI=1S/C20H24ClF2N3O2/c1-11-10-25-26(2)19(11)14-8-18(28-20(14)21)17(27)7-13(9-24)5-12-3-4-15(22)16(23)6-12/h3-4,6,10,13-14,18,20H,5,7-9,24H2,1-2H3/t13-,14?,18?,20?/m1/s1. The lowest BCUT2D eigenvalue weighted by molar-refractivity contribution is -0.129. The summed E-state index contributed by atoms with van der Waals surface area (Å²) in [6.45, 7) is 2.21. The van der Waals surface area contributed by atoms with Gasteiger partial charge in [0.25, 0.3) is 0 Å². The number of hydrogen-bond donors (Lipinski definition) is 1. The second-order valence-corrected chi connectivity index (χ2v) is 7.81. The van der Waals surface area contributed by atoms with Gasteiger partial charge in [-0.15, -0.1) is 0 Å². The molecule has 0 radical (unpaired) electrons. The zero-order chi connectivity index (χ0) is 20.4. The summed E-state index contributed by atoms with van der Waals surface area (Å²) < 4.78 is 34.0. The van der Waals surface area contributed by atoms with Gasteiger partial charge in [-0.3, -0.25) is 9.48 Å². The van der Waals surface area contributed by atoms with Crippen molar-refractivity contribution in [2.24, 2.45) is 18.7 Å². The van der Waals surface area contributed by atoms with E-state index in [-0.39, 0.29) is 30.6 Å². The summed E-state index contributed by atoms with van der Waals surface area (Å²) >= 11 is 6.37. The van der Waals surface area contributed by atoms with Crippen molar-refractivity contribution in [2.45, 2.75) is 43.8 Å². The van der Waals surface area contributed by atoms with E-state index < -0.39 is 23.3 Å². The number of ketones is 1. The van der Waals surface area contributed by atoms with E-state index in [9.17, 15) is 13.6 Å². The summed E-state index contributed by atoms with van der Waals surface area (Å²) in [5.41, 5.74) is 7.78. The summed E-state index contributed by atoms with van der Waals surface area (Å²) in [6.07, 6.45) is 2.22. The molecule has 1 saturated heterocycles. The van der Waals surface area contributed by atoms with Crippen LogP contribution in [0.2, 0.25) is 0 Å². The van der Waals surface area contributed by atoms with Crippen LogP contribution in [-0.4, -0.2) is 33.8 Å². The number of hydrogen-bond acceptors (Lipinski definition) is 4. The van der Waals surface area contributed by atoms with Crippen molar-refractivity contribution in [1.29, 1.82) is 0 Å². The van der Waals surface area contributed by atoms with Crippen molar-refractivity contribution in [3.05, 3.63) is 52.9 Å². The first kappa shape index (κ1) is 20.9. The predicted molar refractivity (Wildman–Crippen MR) is 102 cm³/mol. The van der Waals surface area contributed by atoms with Crippen LogP contribution in [0, 0.1) is 24.5 Å². The van der Waals surface area contributed by atoms with Crippen molar-refractivity contribution >= 4 is 17.4 Å². The van der Waals surface area contributed by atoms with Crippen molar-refractivity contribution < 1.29 is 18.3 Å². The third-order valence-electron chi connectivity index (χ3n) is 5.30. The molecule has 2 heterocycles. The summed E-state index contributed by atoms with van der Waals surface area (Å²) in [5, 5.41) is 4.23. The molecule has 0 bridgehead atoms. The third kappa shape index (κ3) is 4.42. The van der Waals surface area contributed by atoms with Gasteiger partial charge in [-0.1, -0.05) is 17.7 Å². The van der Waals surface area contributed by atoms with Gasteiger partial charge in [-0.2, -0.15) is 5.10 Å². The molecule has 1 fully saturated rings. The molecule has 4 atom stereocenters. The minimum atomic E-state index is -0.905. The maximum atomic E-state index is 13.4. The molecule has 8 heteroatoms. The molecule has 1 aromatic heterocycles. The summed E-state index contributed by atoms with van der Waals surface area (Å²) in [5.74, 6) is -2.19. The lowest BCUT2D eigenvalue weighted by atomic mass is 9.90. The molecule has 5 nitrogen and oxygen atoms in total. The minimum absolute atomic E-state index is 0.0778. The zero-order valence-electron chi connectivity index (χ0n) is 15.9. The molecule has 28 heavy (non-hydrogen) atoms. The van der Waals surface area contributed by atoms with Crippen LogP contribution in [-0.2, 0) is 23.0 Å². The highest BCUT2D eigenvalue weighted by Crippen LogP contribution is 2.39. The topological polar surface area (TPSA) is 70.1 Å². The van der Waals surface area contributed by atoms with Gasteiger partial charge in [0.05, 0.1) is 6.20 Å².